The summed E-state index contributed by atoms with van der Waals surface area (Å²) in [5.74, 6) is -0.655. The highest BCUT2D eigenvalue weighted by molar-refractivity contribution is 6.95. The number of hydrogen-bond acceptors (Lipinski definition) is 1. The zero-order valence-electron chi connectivity index (χ0n) is 25.1. The average molecular weight is 617 g/mol. The van der Waals surface area contributed by atoms with Crippen LogP contribution in [0, 0.1) is 11.6 Å². The number of halogens is 2. The third kappa shape index (κ3) is 6.98. The van der Waals surface area contributed by atoms with Crippen molar-refractivity contribution in [3.05, 3.63) is 211 Å². The molecule has 1 heterocycles. The summed E-state index contributed by atoms with van der Waals surface area (Å²) in [5.41, 5.74) is 5.49. The van der Waals surface area contributed by atoms with Crippen molar-refractivity contribution in [2.75, 3.05) is 0 Å². The molecular weight excluding hydrogens is 585 g/mol. The summed E-state index contributed by atoms with van der Waals surface area (Å²) in [5, 5.41) is 0.280. The minimum absolute atomic E-state index is 0.197. The summed E-state index contributed by atoms with van der Waals surface area (Å²) in [6, 6.07) is 55.0. The van der Waals surface area contributed by atoms with Crippen molar-refractivity contribution in [3.63, 3.8) is 0 Å². The van der Waals surface area contributed by atoms with E-state index in [4.69, 9.17) is 0 Å². The molecule has 0 atom stereocenters. The van der Waals surface area contributed by atoms with E-state index in [1.54, 1.807) is 24.7 Å². The number of benzene rings is 6. The maximum atomic E-state index is 14.2. The lowest BCUT2D eigenvalue weighted by Gasteiger charge is -2.36. The van der Waals surface area contributed by atoms with E-state index < -0.39 is 5.16 Å². The van der Waals surface area contributed by atoms with Gasteiger partial charge in [-0.3, -0.25) is 0 Å². The highest BCUT2D eigenvalue weighted by atomic mass is 28.2. The summed E-state index contributed by atoms with van der Waals surface area (Å²) in [6.07, 6.45) is 5.22. The van der Waals surface area contributed by atoms with Crippen molar-refractivity contribution in [2.24, 2.45) is 0 Å². The monoisotopic (exact) mass is 616 g/mol. The van der Waals surface area contributed by atoms with E-state index in [1.165, 1.54) is 40.7 Å². The molecule has 0 saturated heterocycles. The van der Waals surface area contributed by atoms with Gasteiger partial charge in [-0.2, -0.15) is 0 Å². The second kappa shape index (κ2) is 14.6. The molecule has 46 heavy (non-hydrogen) atoms. The fraction of sp³-hybridized carbons (Fsp3) is 0.0250. The molecule has 2 nitrogen and oxygen atoms in total. The lowest BCUT2D eigenvalue weighted by atomic mass is 9.37. The van der Waals surface area contributed by atoms with Crippen LogP contribution in [-0.4, -0.2) is 25.8 Å². The molecule has 6 heteroatoms. The van der Waals surface area contributed by atoms with Crippen LogP contribution in [0.3, 0.4) is 0 Å². The van der Waals surface area contributed by atoms with Crippen LogP contribution in [0.5, 0.6) is 0 Å². The van der Waals surface area contributed by atoms with Crippen LogP contribution >= 0.6 is 0 Å². The molecule has 7 rings (SSSR count). The fourth-order valence-corrected chi connectivity index (χ4v) is 7.44. The Bertz CT molecular complexity index is 1800. The van der Waals surface area contributed by atoms with E-state index in [0.29, 0.717) is 6.71 Å². The summed E-state index contributed by atoms with van der Waals surface area (Å²) >= 11 is 0. The lowest BCUT2D eigenvalue weighted by Crippen LogP contribution is -2.51. The number of rotatable bonds is 8. The first-order valence-electron chi connectivity index (χ1n) is 15.1. The Balaban J connectivity index is 0.000000172. The van der Waals surface area contributed by atoms with Crippen LogP contribution < -0.4 is 21.6 Å². The van der Waals surface area contributed by atoms with Gasteiger partial charge in [0.2, 0.25) is 6.71 Å². The lowest BCUT2D eigenvalue weighted by molar-refractivity contribution is 0.570. The molecule has 0 bridgehead atoms. The Morgan fingerprint density at radius 2 is 0.957 bits per heavy atom. The minimum atomic E-state index is -0.804. The molecule has 0 spiro atoms. The zero-order valence-corrected chi connectivity index (χ0v) is 26.1. The first-order valence-corrected chi connectivity index (χ1v) is 16.1. The predicted octanol–water partition coefficient (Wildman–Crippen LogP) is 6.14. The quantitative estimate of drug-likeness (QED) is 0.188. The fourth-order valence-electron chi connectivity index (χ4n) is 5.80. The van der Waals surface area contributed by atoms with Crippen molar-refractivity contribution >= 4 is 37.8 Å². The van der Waals surface area contributed by atoms with E-state index in [0.717, 1.165) is 16.3 Å². The normalized spacial score (nSPS) is 10.9. The molecule has 7 aromatic rings. The molecule has 6 aromatic carbocycles. The van der Waals surface area contributed by atoms with Gasteiger partial charge in [-0.25, -0.2) is 13.8 Å². The average Bonchev–Trinajstić information content (AvgIpc) is 3.65. The number of hydrogen-bond donors (Lipinski definition) is 0. The van der Waals surface area contributed by atoms with Crippen LogP contribution in [0.1, 0.15) is 11.1 Å². The third-order valence-corrected chi connectivity index (χ3v) is 9.69. The Labute approximate surface area is 272 Å². The highest BCUT2D eigenvalue weighted by Gasteiger charge is 2.37. The molecule has 2 radical (unpaired) electrons. The van der Waals surface area contributed by atoms with E-state index in [-0.39, 0.29) is 21.2 Å². The maximum absolute atomic E-state index is 14.2. The van der Waals surface area contributed by atoms with E-state index in [9.17, 15) is 8.78 Å². The topological polar surface area (TPSA) is 17.8 Å². The van der Waals surface area contributed by atoms with Gasteiger partial charge in [0.1, 0.15) is 21.2 Å². The van der Waals surface area contributed by atoms with Gasteiger partial charge in [-0.05, 0) is 35.4 Å². The summed E-state index contributed by atoms with van der Waals surface area (Å²) < 4.78 is 30.3. The van der Waals surface area contributed by atoms with Gasteiger partial charge in [0.15, 0.2) is 0 Å². The van der Waals surface area contributed by atoms with Gasteiger partial charge in [-0.15, -0.1) is 0 Å². The second-order valence-electron chi connectivity index (χ2n) is 10.9. The number of imidazole rings is 1. The van der Waals surface area contributed by atoms with Crippen molar-refractivity contribution in [1.82, 2.24) is 9.55 Å². The molecule has 0 saturated carbocycles. The van der Waals surface area contributed by atoms with Crippen LogP contribution in [0.15, 0.2) is 189 Å². The minimum Gasteiger partial charge on any atom is -0.326 e. The molecule has 0 unspecified atom stereocenters. The van der Waals surface area contributed by atoms with Gasteiger partial charge < -0.3 is 4.57 Å². The number of nitrogens with zero attached hydrogens (tertiary/aromatic N) is 2. The predicted molar refractivity (Wildman–Crippen MR) is 187 cm³/mol. The highest BCUT2D eigenvalue weighted by Crippen LogP contribution is 2.34. The van der Waals surface area contributed by atoms with Crippen molar-refractivity contribution in [2.45, 2.75) is 5.16 Å². The summed E-state index contributed by atoms with van der Waals surface area (Å²) in [4.78, 5) is 4.21. The van der Waals surface area contributed by atoms with Gasteiger partial charge >= 0.3 is 0 Å². The molecule has 0 aliphatic carbocycles. The molecule has 0 amide bonds. The first-order chi connectivity index (χ1) is 22.6. The van der Waals surface area contributed by atoms with Crippen LogP contribution in [-0.2, 0) is 5.16 Å². The summed E-state index contributed by atoms with van der Waals surface area (Å²) in [7, 11) is 0.197. The summed E-state index contributed by atoms with van der Waals surface area (Å²) in [6.45, 7) is 0.309. The molecule has 0 aliphatic rings. The largest absolute Gasteiger partial charge is 0.326 e. The van der Waals surface area contributed by atoms with Crippen molar-refractivity contribution in [1.29, 1.82) is 0 Å². The molecule has 0 aliphatic heterocycles. The van der Waals surface area contributed by atoms with Crippen LogP contribution in [0.4, 0.5) is 8.78 Å². The van der Waals surface area contributed by atoms with E-state index in [1.807, 2.05) is 53.2 Å². The van der Waals surface area contributed by atoms with Gasteiger partial charge in [0, 0.05) is 12.4 Å². The molecule has 0 N–H and O–H groups in total. The van der Waals surface area contributed by atoms with Gasteiger partial charge in [0.25, 0.3) is 0 Å². The molecule has 222 valence electrons. The molecule has 1 aromatic heterocycles. The Hall–Kier alpha value is -5.33. The third-order valence-electron chi connectivity index (χ3n) is 7.87. The van der Waals surface area contributed by atoms with Gasteiger partial charge in [0.05, 0.1) is 11.5 Å². The Morgan fingerprint density at radius 3 is 1.35 bits per heavy atom. The van der Waals surface area contributed by atoms with Crippen molar-refractivity contribution < 1.29 is 8.78 Å². The standard InChI is InChI=1S/C22H16F2N2Si.C18H15B/c23-19-8-4-6-17(14-19)22(26-13-12-25-16-26,18-7-5-9-20(24)15-18)27-21-10-2-1-3-11-21;1-4-10-16(11-5-1)19(17-12-6-2-7-13-17)18-14-8-3-9-15-18/h1-16H;1-15H. The molecular formula is C40H31BF2N2Si. The van der Waals surface area contributed by atoms with Crippen LogP contribution in [0.25, 0.3) is 0 Å². The maximum Gasteiger partial charge on any atom is 0.241 e. The second-order valence-corrected chi connectivity index (χ2v) is 12.4. The Kier molecular flexibility index (Phi) is 9.76. The van der Waals surface area contributed by atoms with Crippen LogP contribution in [0.2, 0.25) is 0 Å². The van der Waals surface area contributed by atoms with Gasteiger partial charge in [-0.1, -0.05) is 167 Å². The smallest absolute Gasteiger partial charge is 0.241 e. The van der Waals surface area contributed by atoms with Crippen molar-refractivity contribution in [3.8, 4) is 0 Å². The van der Waals surface area contributed by atoms with E-state index in [2.05, 4.69) is 96.0 Å². The first kappa shape index (κ1) is 30.7. The SMILES string of the molecule is Fc1cccc(C([Si]c2ccccc2)(c2cccc(F)c2)n2ccnc2)c1.c1ccc(B(c2ccccc2)c2ccccc2)cc1. The Morgan fingerprint density at radius 1 is 0.522 bits per heavy atom. The number of aromatic nitrogens is 2. The van der Waals surface area contributed by atoms with E-state index >= 15 is 0 Å². The zero-order chi connectivity index (χ0) is 31.6. The molecule has 0 fully saturated rings.